The van der Waals surface area contributed by atoms with Crippen LogP contribution in [0, 0.1) is 0 Å². The molecule has 0 atom stereocenters. The number of benzene rings is 7. The molecule has 0 aliphatic heterocycles. The number of hydrogen-bond acceptors (Lipinski definition) is 0. The second kappa shape index (κ2) is 12.3. The lowest BCUT2D eigenvalue weighted by Crippen LogP contribution is -2.27. The van der Waals surface area contributed by atoms with E-state index < -0.39 is 0 Å². The van der Waals surface area contributed by atoms with Crippen molar-refractivity contribution in [3.8, 4) is 44.8 Å². The minimum Gasteiger partial charge on any atom is -0.310 e. The molecule has 9 aromatic rings. The first kappa shape index (κ1) is 29.7. The molecule has 2 heterocycles. The molecule has 0 aliphatic carbocycles. The number of fused-ring (bicyclic) bond motifs is 4. The third kappa shape index (κ3) is 4.88. The summed E-state index contributed by atoms with van der Waals surface area (Å²) in [5.41, 5.74) is 13.2. The summed E-state index contributed by atoms with van der Waals surface area (Å²) in [6.07, 6.45) is 4.48. The van der Waals surface area contributed by atoms with Crippen LogP contribution < -0.4 is 10.6 Å². The monoisotopic (exact) mass is 640 g/mol. The molecular formula is C48H36N2. The van der Waals surface area contributed by atoms with Crippen molar-refractivity contribution in [2.24, 2.45) is 0 Å². The van der Waals surface area contributed by atoms with Crippen LogP contribution in [-0.4, -0.2) is 9.13 Å². The Bertz CT molecular complexity index is 2820. The van der Waals surface area contributed by atoms with E-state index in [4.69, 9.17) is 0 Å². The number of para-hydroxylation sites is 1. The van der Waals surface area contributed by atoms with Crippen molar-refractivity contribution >= 4 is 44.9 Å². The molecule has 0 unspecified atom stereocenters. The lowest BCUT2D eigenvalue weighted by atomic mass is 10.0. The molecule has 0 radical (unpaired) electrons. The molecule has 9 rings (SSSR count). The van der Waals surface area contributed by atoms with Gasteiger partial charge in [-0.15, -0.1) is 0 Å². The van der Waals surface area contributed by atoms with Gasteiger partial charge in [0.25, 0.3) is 0 Å². The highest BCUT2D eigenvalue weighted by molar-refractivity contribution is 6.10. The zero-order valence-electron chi connectivity index (χ0n) is 28.2. The molecule has 0 aliphatic rings. The maximum absolute atomic E-state index is 2.40. The van der Waals surface area contributed by atoms with Crippen molar-refractivity contribution in [2.45, 2.75) is 13.8 Å². The molecule has 2 nitrogen and oxygen atoms in total. The van der Waals surface area contributed by atoms with Gasteiger partial charge in [0, 0.05) is 38.1 Å². The van der Waals surface area contributed by atoms with Gasteiger partial charge < -0.3 is 9.13 Å². The van der Waals surface area contributed by atoms with Gasteiger partial charge in [-0.1, -0.05) is 127 Å². The molecule has 2 heteroatoms. The van der Waals surface area contributed by atoms with Gasteiger partial charge >= 0.3 is 0 Å². The van der Waals surface area contributed by atoms with E-state index in [1.807, 2.05) is 0 Å². The Kier molecular flexibility index (Phi) is 7.29. The predicted molar refractivity (Wildman–Crippen MR) is 213 cm³/mol. The SMILES string of the molecule is C/C=c1\c(=C/C)n(-c2cccc(-c3ccccc3)c2)c2ccc(-c3ccc4c(c3)c3ccccc3n4-c3cccc(-c4ccccc4)c3)cc12. The van der Waals surface area contributed by atoms with E-state index >= 15 is 0 Å². The Morgan fingerprint density at radius 1 is 0.340 bits per heavy atom. The molecule has 0 fully saturated rings. The number of rotatable bonds is 5. The van der Waals surface area contributed by atoms with Crippen LogP contribution in [-0.2, 0) is 0 Å². The standard InChI is InChI=1S/C48H36N2/c1-3-41-43-31-37(25-27-47(43)49(45(41)4-2)39-21-13-19-35(29-39)33-15-7-5-8-16-33)38-26-28-48-44(32-38)42-23-11-12-24-46(42)50(48)40-22-14-20-36(30-40)34-17-9-6-10-18-34/h3-32H,1-2H3/b41-3-,45-4+. The van der Waals surface area contributed by atoms with Gasteiger partial charge in [-0.25, -0.2) is 0 Å². The van der Waals surface area contributed by atoms with Crippen LogP contribution in [0.1, 0.15) is 13.8 Å². The second-order valence-electron chi connectivity index (χ2n) is 12.9. The van der Waals surface area contributed by atoms with Gasteiger partial charge in [0.2, 0.25) is 0 Å². The fraction of sp³-hybridized carbons (Fsp3) is 0.0417. The minimum absolute atomic E-state index is 1.16. The van der Waals surface area contributed by atoms with Gasteiger partial charge in [-0.3, -0.25) is 0 Å². The van der Waals surface area contributed by atoms with E-state index in [0.29, 0.717) is 0 Å². The lowest BCUT2D eigenvalue weighted by molar-refractivity contribution is 1.07. The Morgan fingerprint density at radius 3 is 1.42 bits per heavy atom. The highest BCUT2D eigenvalue weighted by Gasteiger charge is 2.16. The predicted octanol–water partition coefficient (Wildman–Crippen LogP) is 11.3. The van der Waals surface area contributed by atoms with Crippen LogP contribution in [0.5, 0.6) is 0 Å². The van der Waals surface area contributed by atoms with E-state index in [1.165, 1.54) is 76.7 Å². The normalized spacial score (nSPS) is 12.4. The zero-order valence-corrected chi connectivity index (χ0v) is 28.2. The van der Waals surface area contributed by atoms with Gasteiger partial charge in [0.15, 0.2) is 0 Å². The van der Waals surface area contributed by atoms with Crippen molar-refractivity contribution in [1.82, 2.24) is 9.13 Å². The average Bonchev–Trinajstić information content (AvgIpc) is 3.70. The molecule has 0 saturated carbocycles. The molecule has 0 saturated heterocycles. The van der Waals surface area contributed by atoms with Crippen LogP contribution in [0.15, 0.2) is 170 Å². The summed E-state index contributed by atoms with van der Waals surface area (Å²) < 4.78 is 4.81. The summed E-state index contributed by atoms with van der Waals surface area (Å²) in [6, 6.07) is 61.6. The summed E-state index contributed by atoms with van der Waals surface area (Å²) in [4.78, 5) is 0. The Hall–Kier alpha value is -6.38. The van der Waals surface area contributed by atoms with Crippen LogP contribution >= 0.6 is 0 Å². The molecular weight excluding hydrogens is 605 g/mol. The molecule has 2 aromatic heterocycles. The topological polar surface area (TPSA) is 9.86 Å². The average molecular weight is 641 g/mol. The van der Waals surface area contributed by atoms with Gasteiger partial charge in [-0.05, 0) is 102 Å². The van der Waals surface area contributed by atoms with Crippen molar-refractivity contribution in [1.29, 1.82) is 0 Å². The highest BCUT2D eigenvalue weighted by Crippen LogP contribution is 2.36. The second-order valence-corrected chi connectivity index (χ2v) is 12.9. The van der Waals surface area contributed by atoms with E-state index in [9.17, 15) is 0 Å². The number of hydrogen-bond donors (Lipinski definition) is 0. The van der Waals surface area contributed by atoms with Crippen LogP contribution in [0.25, 0.3) is 89.6 Å². The largest absolute Gasteiger partial charge is 0.310 e. The van der Waals surface area contributed by atoms with Crippen molar-refractivity contribution in [3.05, 3.63) is 180 Å². The molecule has 50 heavy (non-hydrogen) atoms. The quantitative estimate of drug-likeness (QED) is 0.177. The third-order valence-electron chi connectivity index (χ3n) is 10.0. The van der Waals surface area contributed by atoms with E-state index in [1.54, 1.807) is 0 Å². The van der Waals surface area contributed by atoms with Gasteiger partial charge in [0.1, 0.15) is 0 Å². The fourth-order valence-electron chi connectivity index (χ4n) is 7.72. The lowest BCUT2D eigenvalue weighted by Gasteiger charge is -2.11. The van der Waals surface area contributed by atoms with Gasteiger partial charge in [0.05, 0.1) is 16.6 Å². The summed E-state index contributed by atoms with van der Waals surface area (Å²) in [5, 5.41) is 6.23. The summed E-state index contributed by atoms with van der Waals surface area (Å²) in [7, 11) is 0. The summed E-state index contributed by atoms with van der Waals surface area (Å²) in [6.45, 7) is 4.28. The number of nitrogens with zero attached hydrogens (tertiary/aromatic N) is 2. The Balaban J connectivity index is 1.19. The molecule has 7 aromatic carbocycles. The third-order valence-corrected chi connectivity index (χ3v) is 10.0. The Labute approximate surface area is 292 Å². The Morgan fingerprint density at radius 2 is 0.820 bits per heavy atom. The van der Waals surface area contributed by atoms with Gasteiger partial charge in [-0.2, -0.15) is 0 Å². The van der Waals surface area contributed by atoms with Crippen LogP contribution in [0.4, 0.5) is 0 Å². The number of aromatic nitrogens is 2. The van der Waals surface area contributed by atoms with Crippen molar-refractivity contribution < 1.29 is 0 Å². The molecule has 0 spiro atoms. The molecule has 238 valence electrons. The molecule has 0 N–H and O–H groups in total. The minimum atomic E-state index is 1.16. The maximum Gasteiger partial charge on any atom is 0.0541 e. The smallest absolute Gasteiger partial charge is 0.0541 e. The van der Waals surface area contributed by atoms with Crippen molar-refractivity contribution in [3.63, 3.8) is 0 Å². The summed E-state index contributed by atoms with van der Waals surface area (Å²) >= 11 is 0. The first-order valence-corrected chi connectivity index (χ1v) is 17.3. The molecule has 0 amide bonds. The van der Waals surface area contributed by atoms with E-state index in [-0.39, 0.29) is 0 Å². The summed E-state index contributed by atoms with van der Waals surface area (Å²) in [5.74, 6) is 0. The first-order valence-electron chi connectivity index (χ1n) is 17.3. The fourth-order valence-corrected chi connectivity index (χ4v) is 7.72. The zero-order chi connectivity index (χ0) is 33.6. The van der Waals surface area contributed by atoms with E-state index in [0.717, 1.165) is 11.4 Å². The highest BCUT2D eigenvalue weighted by atomic mass is 15.0. The van der Waals surface area contributed by atoms with Crippen molar-refractivity contribution in [2.75, 3.05) is 0 Å². The molecule has 0 bridgehead atoms. The van der Waals surface area contributed by atoms with Crippen LogP contribution in [0.3, 0.4) is 0 Å². The van der Waals surface area contributed by atoms with Crippen LogP contribution in [0.2, 0.25) is 0 Å². The first-order chi connectivity index (χ1) is 24.7. The van der Waals surface area contributed by atoms with E-state index in [2.05, 4.69) is 205 Å². The maximum atomic E-state index is 2.40.